The molecule has 0 spiro atoms. The molecule has 0 radical (unpaired) electrons. The van der Waals surface area contributed by atoms with Gasteiger partial charge >= 0.3 is 11.9 Å². The lowest BCUT2D eigenvalue weighted by atomic mass is 10.0. The molecule has 0 aliphatic carbocycles. The quantitative estimate of drug-likeness (QED) is 0.0504. The van der Waals surface area contributed by atoms with Crippen LogP contribution in [0.25, 0.3) is 0 Å². The summed E-state index contributed by atoms with van der Waals surface area (Å²) in [6.07, 6.45) is 6.02. The third-order valence-electron chi connectivity index (χ3n) is 11.7. The number of carbonyl (C=O) groups excluding carboxylic acids is 5. The Labute approximate surface area is 391 Å². The predicted octanol–water partition coefficient (Wildman–Crippen LogP) is 5.61. The molecule has 1 saturated heterocycles. The topological polar surface area (TPSA) is 231 Å². The smallest absolute Gasteiger partial charge is 0.322 e. The Bertz CT molecular complexity index is 2350. The van der Waals surface area contributed by atoms with Crippen LogP contribution in [0.2, 0.25) is 0 Å². The first kappa shape index (κ1) is 50.9. The van der Waals surface area contributed by atoms with Crippen molar-refractivity contribution in [1.29, 1.82) is 0 Å². The second kappa shape index (κ2) is 25.5. The summed E-state index contributed by atoms with van der Waals surface area (Å²) in [5, 5.41) is 28.3. The number of aliphatic carboxylic acids is 2. The minimum Gasteiger partial charge on any atom is -0.481 e. The fourth-order valence-electron chi connectivity index (χ4n) is 7.82. The number of rotatable bonds is 24. The van der Waals surface area contributed by atoms with Gasteiger partial charge in [-0.1, -0.05) is 50.2 Å². The SMILES string of the molecule is CCC(CC)N(CCN(C)C(=O)CCC(=O)O)Cc1cccc(C(=O)Nc2ccc(N3CCCCC3)nc2C(=O)Nc2ccc(CCc3ccc(C(=O)NCC(=O)NCC(=O)O)cc3)cc2)c1. The number of piperidine rings is 1. The summed E-state index contributed by atoms with van der Waals surface area (Å²) < 4.78 is 0. The number of amides is 5. The van der Waals surface area contributed by atoms with E-state index >= 15 is 0 Å². The maximum atomic E-state index is 14.0. The van der Waals surface area contributed by atoms with Gasteiger partial charge in [-0.3, -0.25) is 38.5 Å². The molecule has 6 N–H and O–H groups in total. The molecule has 17 nitrogen and oxygen atoms in total. The van der Waals surface area contributed by atoms with E-state index < -0.39 is 42.1 Å². The first-order valence-corrected chi connectivity index (χ1v) is 22.8. The van der Waals surface area contributed by atoms with Gasteiger partial charge in [0, 0.05) is 69.0 Å². The Morgan fingerprint density at radius 2 is 1.34 bits per heavy atom. The molecule has 356 valence electrons. The highest BCUT2D eigenvalue weighted by Crippen LogP contribution is 2.25. The number of pyridine rings is 1. The monoisotopic (exact) mass is 918 g/mol. The average Bonchev–Trinajstić information content (AvgIpc) is 3.33. The summed E-state index contributed by atoms with van der Waals surface area (Å²) >= 11 is 0. The molecule has 0 atom stereocenters. The molecule has 0 saturated carbocycles. The van der Waals surface area contributed by atoms with E-state index in [2.05, 4.69) is 44.9 Å². The summed E-state index contributed by atoms with van der Waals surface area (Å²) in [5.74, 6) is -3.69. The minimum atomic E-state index is -1.18. The zero-order valence-electron chi connectivity index (χ0n) is 38.5. The van der Waals surface area contributed by atoms with E-state index in [1.54, 1.807) is 36.2 Å². The van der Waals surface area contributed by atoms with Crippen LogP contribution >= 0.6 is 0 Å². The normalized spacial score (nSPS) is 12.3. The summed E-state index contributed by atoms with van der Waals surface area (Å²) in [5.41, 5.74) is 4.58. The van der Waals surface area contributed by atoms with E-state index in [-0.39, 0.29) is 42.7 Å². The number of carbonyl (C=O) groups is 7. The highest BCUT2D eigenvalue weighted by molar-refractivity contribution is 6.11. The summed E-state index contributed by atoms with van der Waals surface area (Å²) in [7, 11) is 1.68. The minimum absolute atomic E-state index is 0.0550. The third kappa shape index (κ3) is 16.1. The van der Waals surface area contributed by atoms with Gasteiger partial charge in [0.2, 0.25) is 11.8 Å². The molecule has 1 aliphatic heterocycles. The molecule has 4 aromatic rings. The zero-order valence-corrected chi connectivity index (χ0v) is 38.5. The molecule has 1 fully saturated rings. The van der Waals surface area contributed by atoms with Gasteiger partial charge in [0.05, 0.1) is 18.7 Å². The lowest BCUT2D eigenvalue weighted by Gasteiger charge is -2.32. The fourth-order valence-corrected chi connectivity index (χ4v) is 7.82. The van der Waals surface area contributed by atoms with Crippen molar-refractivity contribution >= 4 is 58.7 Å². The largest absolute Gasteiger partial charge is 0.481 e. The van der Waals surface area contributed by atoms with E-state index in [4.69, 9.17) is 15.2 Å². The second-order valence-electron chi connectivity index (χ2n) is 16.6. The van der Waals surface area contributed by atoms with Crippen LogP contribution in [-0.2, 0) is 38.6 Å². The van der Waals surface area contributed by atoms with E-state index in [1.165, 1.54) is 0 Å². The van der Waals surface area contributed by atoms with Crippen LogP contribution in [0, 0.1) is 0 Å². The van der Waals surface area contributed by atoms with Gasteiger partial charge in [-0.05, 0) is 110 Å². The van der Waals surface area contributed by atoms with Crippen molar-refractivity contribution in [1.82, 2.24) is 25.4 Å². The number of carboxylic acid groups (broad SMARTS) is 2. The van der Waals surface area contributed by atoms with Gasteiger partial charge < -0.3 is 41.3 Å². The van der Waals surface area contributed by atoms with Crippen molar-refractivity contribution in [2.45, 2.75) is 84.2 Å². The van der Waals surface area contributed by atoms with Crippen molar-refractivity contribution in [2.75, 3.05) is 61.8 Å². The summed E-state index contributed by atoms with van der Waals surface area (Å²) in [4.78, 5) is 97.1. The number of likely N-dealkylation sites (N-methyl/N-ethyl adjacent to an activating group) is 1. The average molecular weight is 919 g/mol. The van der Waals surface area contributed by atoms with Crippen molar-refractivity contribution < 1.29 is 43.8 Å². The Hall–Kier alpha value is -7.14. The van der Waals surface area contributed by atoms with Gasteiger partial charge in [-0.25, -0.2) is 4.98 Å². The number of hydrogen-bond acceptors (Lipinski definition) is 10. The molecule has 3 aromatic carbocycles. The van der Waals surface area contributed by atoms with Crippen LogP contribution in [0.4, 0.5) is 17.2 Å². The van der Waals surface area contributed by atoms with Crippen molar-refractivity contribution in [3.05, 3.63) is 118 Å². The zero-order chi connectivity index (χ0) is 48.3. The lowest BCUT2D eigenvalue weighted by molar-refractivity contribution is -0.140. The second-order valence-corrected chi connectivity index (χ2v) is 16.6. The molecule has 5 rings (SSSR count). The van der Waals surface area contributed by atoms with Crippen LogP contribution in [0.5, 0.6) is 0 Å². The Morgan fingerprint density at radius 3 is 1.99 bits per heavy atom. The lowest BCUT2D eigenvalue weighted by Crippen LogP contribution is -2.41. The van der Waals surface area contributed by atoms with Gasteiger partial charge in [0.15, 0.2) is 5.69 Å². The highest BCUT2D eigenvalue weighted by Gasteiger charge is 2.23. The maximum absolute atomic E-state index is 14.0. The molecule has 5 amide bonds. The van der Waals surface area contributed by atoms with Gasteiger partial charge in [-0.2, -0.15) is 0 Å². The van der Waals surface area contributed by atoms with Crippen LogP contribution in [0.3, 0.4) is 0 Å². The van der Waals surface area contributed by atoms with Crippen molar-refractivity contribution in [3.8, 4) is 0 Å². The molecule has 1 aromatic heterocycles. The van der Waals surface area contributed by atoms with Crippen LogP contribution in [-0.4, -0.2) is 119 Å². The molecule has 0 bridgehead atoms. The van der Waals surface area contributed by atoms with Crippen LogP contribution in [0.15, 0.2) is 84.9 Å². The van der Waals surface area contributed by atoms with Gasteiger partial charge in [-0.15, -0.1) is 0 Å². The van der Waals surface area contributed by atoms with Crippen LogP contribution < -0.4 is 26.2 Å². The van der Waals surface area contributed by atoms with E-state index in [0.717, 1.165) is 61.9 Å². The molecule has 0 unspecified atom stereocenters. The van der Waals surface area contributed by atoms with Crippen LogP contribution in [0.1, 0.15) is 107 Å². The number of carboxylic acids is 2. The summed E-state index contributed by atoms with van der Waals surface area (Å²) in [6.45, 7) is 6.51. The molecular weight excluding hydrogens is 857 g/mol. The molecule has 2 heterocycles. The Kier molecular flexibility index (Phi) is 19.4. The number of anilines is 3. The Morgan fingerprint density at radius 1 is 0.672 bits per heavy atom. The number of aryl methyl sites for hydroxylation is 2. The molecule has 67 heavy (non-hydrogen) atoms. The van der Waals surface area contributed by atoms with Crippen molar-refractivity contribution in [2.24, 2.45) is 0 Å². The van der Waals surface area contributed by atoms with Crippen molar-refractivity contribution in [3.63, 3.8) is 0 Å². The third-order valence-corrected chi connectivity index (χ3v) is 11.7. The van der Waals surface area contributed by atoms with E-state index in [0.29, 0.717) is 55.1 Å². The first-order chi connectivity index (χ1) is 32.2. The van der Waals surface area contributed by atoms with E-state index in [9.17, 15) is 33.6 Å². The Balaban J connectivity index is 1.23. The number of nitrogens with zero attached hydrogens (tertiary/aromatic N) is 4. The standard InChI is InChI=1S/C50H62N8O9/c1-4-40(5-2)58(29-28-56(3)44(60)24-25-45(61)62)33-36-10-9-11-38(30-36)49(66)54-41-22-23-42(57-26-7-6-8-27-57)55-47(41)50(67)53-39-20-16-35(17-21-39)13-12-34-14-18-37(19-15-34)48(65)52-31-43(59)51-32-46(63)64/h9-11,14-23,30,40H,4-8,12-13,24-29,31-33H2,1-3H3,(H,51,59)(H,52,65)(H,53,67)(H,54,66)(H,61,62)(H,63,64). The number of benzene rings is 3. The van der Waals surface area contributed by atoms with E-state index in [1.807, 2.05) is 60.7 Å². The summed E-state index contributed by atoms with van der Waals surface area (Å²) in [6, 6.07) is 25.6. The maximum Gasteiger partial charge on any atom is 0.322 e. The number of hydrogen-bond donors (Lipinski definition) is 6. The number of aromatic nitrogens is 1. The van der Waals surface area contributed by atoms with Gasteiger partial charge in [0.25, 0.3) is 17.7 Å². The molecule has 17 heteroatoms. The highest BCUT2D eigenvalue weighted by atomic mass is 16.4. The fraction of sp³-hybridized carbons (Fsp3) is 0.400. The first-order valence-electron chi connectivity index (χ1n) is 22.8. The predicted molar refractivity (Wildman–Crippen MR) is 255 cm³/mol. The number of nitrogens with one attached hydrogen (secondary N) is 4. The van der Waals surface area contributed by atoms with Gasteiger partial charge in [0.1, 0.15) is 12.4 Å². The molecular formula is C50H62N8O9. The molecule has 1 aliphatic rings.